The van der Waals surface area contributed by atoms with Crippen molar-refractivity contribution >= 4 is 0 Å². The highest BCUT2D eigenvalue weighted by atomic mass is 16.5. The Bertz CT molecular complexity index is 388. The fourth-order valence-corrected chi connectivity index (χ4v) is 2.99. The van der Waals surface area contributed by atoms with Gasteiger partial charge in [0.15, 0.2) is 0 Å². The predicted octanol–water partition coefficient (Wildman–Crippen LogP) is 3.05. The van der Waals surface area contributed by atoms with Gasteiger partial charge in [0.05, 0.1) is 0 Å². The fraction of sp³-hybridized carbons (Fsp3) is 0.647. The molecule has 0 saturated heterocycles. The Morgan fingerprint density at radius 2 is 1.95 bits per heavy atom. The van der Waals surface area contributed by atoms with E-state index in [9.17, 15) is 0 Å². The average molecular weight is 276 g/mol. The van der Waals surface area contributed by atoms with Gasteiger partial charge in [0, 0.05) is 24.7 Å². The van der Waals surface area contributed by atoms with Crippen molar-refractivity contribution in [2.24, 2.45) is 0 Å². The molecule has 1 aliphatic carbocycles. The minimum absolute atomic E-state index is 0.764. The van der Waals surface area contributed by atoms with Gasteiger partial charge in [-0.25, -0.2) is 0 Å². The van der Waals surface area contributed by atoms with Gasteiger partial charge >= 0.3 is 0 Å². The lowest BCUT2D eigenvalue weighted by atomic mass is 9.94. The van der Waals surface area contributed by atoms with E-state index in [1.165, 1.54) is 37.7 Å². The highest BCUT2D eigenvalue weighted by Crippen LogP contribution is 2.22. The van der Waals surface area contributed by atoms with Gasteiger partial charge in [-0.05, 0) is 33.0 Å². The topological polar surface area (TPSA) is 24.5 Å². The van der Waals surface area contributed by atoms with E-state index in [-0.39, 0.29) is 0 Å². The van der Waals surface area contributed by atoms with E-state index in [0.717, 1.165) is 31.5 Å². The zero-order valence-electron chi connectivity index (χ0n) is 12.9. The minimum Gasteiger partial charge on any atom is -0.492 e. The predicted molar refractivity (Wildman–Crippen MR) is 84.2 cm³/mol. The van der Waals surface area contributed by atoms with E-state index >= 15 is 0 Å². The first-order valence-corrected chi connectivity index (χ1v) is 7.87. The van der Waals surface area contributed by atoms with Crippen molar-refractivity contribution in [2.45, 2.75) is 44.7 Å². The number of likely N-dealkylation sites (N-methyl/N-ethyl adjacent to an activating group) is 1. The Morgan fingerprint density at radius 1 is 1.20 bits per heavy atom. The number of hydrogen-bond donors (Lipinski definition) is 1. The molecule has 0 unspecified atom stereocenters. The monoisotopic (exact) mass is 276 g/mol. The summed E-state index contributed by atoms with van der Waals surface area (Å²) >= 11 is 0. The van der Waals surface area contributed by atoms with E-state index in [1.54, 1.807) is 0 Å². The van der Waals surface area contributed by atoms with Gasteiger partial charge in [-0.3, -0.25) is 0 Å². The second-order valence-corrected chi connectivity index (χ2v) is 5.76. The molecule has 3 nitrogen and oxygen atoms in total. The molecule has 0 amide bonds. The van der Waals surface area contributed by atoms with Crippen LogP contribution < -0.4 is 10.1 Å². The maximum atomic E-state index is 5.97. The summed E-state index contributed by atoms with van der Waals surface area (Å²) < 4.78 is 5.97. The third-order valence-electron chi connectivity index (χ3n) is 4.24. The molecule has 1 N–H and O–H groups in total. The number of para-hydroxylation sites is 1. The van der Waals surface area contributed by atoms with Crippen molar-refractivity contribution in [3.63, 3.8) is 0 Å². The van der Waals surface area contributed by atoms with Gasteiger partial charge < -0.3 is 15.0 Å². The summed E-state index contributed by atoms with van der Waals surface area (Å²) in [5.41, 5.74) is 1.23. The second-order valence-electron chi connectivity index (χ2n) is 5.76. The second kappa shape index (κ2) is 8.28. The molecular weight excluding hydrogens is 248 g/mol. The molecule has 0 aliphatic heterocycles. The number of ether oxygens (including phenoxy) is 1. The molecule has 1 aliphatic rings. The molecule has 0 spiro atoms. The average Bonchev–Trinajstić information content (AvgIpc) is 2.50. The first-order valence-electron chi connectivity index (χ1n) is 7.87. The lowest BCUT2D eigenvalue weighted by Gasteiger charge is -2.31. The minimum atomic E-state index is 0.764. The summed E-state index contributed by atoms with van der Waals surface area (Å²) in [7, 11) is 4.20. The lowest BCUT2D eigenvalue weighted by molar-refractivity contribution is 0.159. The van der Waals surface area contributed by atoms with Gasteiger partial charge in [0.2, 0.25) is 0 Å². The van der Waals surface area contributed by atoms with Crippen LogP contribution in [0.25, 0.3) is 0 Å². The quantitative estimate of drug-likeness (QED) is 0.828. The van der Waals surface area contributed by atoms with Crippen LogP contribution in [-0.2, 0) is 6.54 Å². The molecule has 1 aromatic rings. The van der Waals surface area contributed by atoms with Crippen LogP contribution in [0.15, 0.2) is 24.3 Å². The number of nitrogens with zero attached hydrogens (tertiary/aromatic N) is 1. The van der Waals surface area contributed by atoms with Gasteiger partial charge in [-0.2, -0.15) is 0 Å². The maximum absolute atomic E-state index is 5.97. The molecule has 0 bridgehead atoms. The van der Waals surface area contributed by atoms with Gasteiger partial charge in [0.25, 0.3) is 0 Å². The van der Waals surface area contributed by atoms with Crippen LogP contribution in [-0.4, -0.2) is 38.2 Å². The zero-order chi connectivity index (χ0) is 14.2. The summed E-state index contributed by atoms with van der Waals surface area (Å²) in [6, 6.07) is 9.05. The van der Waals surface area contributed by atoms with E-state index in [1.807, 2.05) is 13.1 Å². The Morgan fingerprint density at radius 3 is 2.70 bits per heavy atom. The Balaban J connectivity index is 1.77. The van der Waals surface area contributed by atoms with E-state index in [2.05, 4.69) is 35.5 Å². The van der Waals surface area contributed by atoms with Crippen molar-refractivity contribution in [1.29, 1.82) is 0 Å². The van der Waals surface area contributed by atoms with Crippen molar-refractivity contribution in [3.8, 4) is 5.75 Å². The first-order chi connectivity index (χ1) is 9.81. The van der Waals surface area contributed by atoms with Gasteiger partial charge in [-0.15, -0.1) is 0 Å². The van der Waals surface area contributed by atoms with Crippen LogP contribution in [0.2, 0.25) is 0 Å². The van der Waals surface area contributed by atoms with Crippen molar-refractivity contribution in [1.82, 2.24) is 10.2 Å². The standard InChI is InChI=1S/C17H28N2O/c1-18-14-15-8-6-7-11-17(15)20-13-12-19(2)16-9-4-3-5-10-16/h6-8,11,16,18H,3-5,9-10,12-14H2,1-2H3. The van der Waals surface area contributed by atoms with Crippen molar-refractivity contribution < 1.29 is 4.74 Å². The number of hydrogen-bond acceptors (Lipinski definition) is 3. The molecular formula is C17H28N2O. The summed E-state index contributed by atoms with van der Waals surface area (Å²) in [5, 5.41) is 3.18. The zero-order valence-corrected chi connectivity index (χ0v) is 12.9. The summed E-state index contributed by atoms with van der Waals surface area (Å²) in [6.45, 7) is 2.64. The van der Waals surface area contributed by atoms with Gasteiger partial charge in [-0.1, -0.05) is 37.5 Å². The Kier molecular flexibility index (Phi) is 6.34. The third-order valence-corrected chi connectivity index (χ3v) is 4.24. The molecule has 1 aromatic carbocycles. The number of benzene rings is 1. The molecule has 1 saturated carbocycles. The van der Waals surface area contributed by atoms with Gasteiger partial charge in [0.1, 0.15) is 12.4 Å². The molecule has 0 radical (unpaired) electrons. The lowest BCUT2D eigenvalue weighted by Crippen LogP contribution is -2.36. The maximum Gasteiger partial charge on any atom is 0.123 e. The Labute approximate surface area is 123 Å². The smallest absolute Gasteiger partial charge is 0.123 e. The fourth-order valence-electron chi connectivity index (χ4n) is 2.99. The first kappa shape index (κ1) is 15.3. The molecule has 20 heavy (non-hydrogen) atoms. The SMILES string of the molecule is CNCc1ccccc1OCCN(C)C1CCCCC1. The molecule has 3 heteroatoms. The van der Waals surface area contributed by atoms with E-state index in [0.29, 0.717) is 0 Å². The van der Waals surface area contributed by atoms with Crippen LogP contribution in [0.1, 0.15) is 37.7 Å². The van der Waals surface area contributed by atoms with Crippen molar-refractivity contribution in [3.05, 3.63) is 29.8 Å². The summed E-state index contributed by atoms with van der Waals surface area (Å²) in [5.74, 6) is 1.01. The molecule has 112 valence electrons. The molecule has 0 atom stereocenters. The summed E-state index contributed by atoms with van der Waals surface area (Å²) in [6.07, 6.45) is 6.90. The van der Waals surface area contributed by atoms with E-state index < -0.39 is 0 Å². The number of rotatable bonds is 7. The highest BCUT2D eigenvalue weighted by molar-refractivity contribution is 5.33. The van der Waals surface area contributed by atoms with Crippen LogP contribution in [0.5, 0.6) is 5.75 Å². The third kappa shape index (κ3) is 4.50. The molecule has 2 rings (SSSR count). The van der Waals surface area contributed by atoms with Crippen LogP contribution in [0.3, 0.4) is 0 Å². The van der Waals surface area contributed by atoms with Crippen LogP contribution >= 0.6 is 0 Å². The van der Waals surface area contributed by atoms with Crippen molar-refractivity contribution in [2.75, 3.05) is 27.2 Å². The van der Waals surface area contributed by atoms with Crippen LogP contribution in [0, 0.1) is 0 Å². The largest absolute Gasteiger partial charge is 0.492 e. The molecule has 1 fully saturated rings. The number of nitrogens with one attached hydrogen (secondary N) is 1. The highest BCUT2D eigenvalue weighted by Gasteiger charge is 2.17. The van der Waals surface area contributed by atoms with E-state index in [4.69, 9.17) is 4.74 Å². The molecule has 0 heterocycles. The Hall–Kier alpha value is -1.06. The van der Waals surface area contributed by atoms with Crippen LogP contribution in [0.4, 0.5) is 0 Å². The molecule has 0 aromatic heterocycles. The normalized spacial score (nSPS) is 16.6. The summed E-state index contributed by atoms with van der Waals surface area (Å²) in [4.78, 5) is 2.47.